The Labute approximate surface area is 115 Å². The van der Waals surface area contributed by atoms with E-state index in [1.165, 1.54) is 0 Å². The van der Waals surface area contributed by atoms with Crippen molar-refractivity contribution in [3.63, 3.8) is 0 Å². The Hall–Kier alpha value is -1.46. The topological polar surface area (TPSA) is 59.4 Å². The van der Waals surface area contributed by atoms with Crippen molar-refractivity contribution in [2.45, 2.75) is 19.3 Å². The lowest BCUT2D eigenvalue weighted by Gasteiger charge is -2.32. The molecule has 4 nitrogen and oxygen atoms in total. The molecule has 100 valence electrons. The second-order valence-corrected chi connectivity index (χ2v) is 6.07. The zero-order chi connectivity index (χ0) is 13.3. The monoisotopic (exact) mass is 277 g/mol. The van der Waals surface area contributed by atoms with Gasteiger partial charge >= 0.3 is 5.97 Å². The predicted octanol–water partition coefficient (Wildman–Crippen LogP) is 2.72. The molecule has 0 saturated carbocycles. The molecule has 2 aromatic rings. The van der Waals surface area contributed by atoms with E-state index in [1.54, 1.807) is 11.3 Å². The van der Waals surface area contributed by atoms with Crippen molar-refractivity contribution in [3.8, 4) is 0 Å². The Kier molecular flexibility index (Phi) is 3.24. The minimum atomic E-state index is -0.727. The highest BCUT2D eigenvalue weighted by molar-refractivity contribution is 7.18. The summed E-state index contributed by atoms with van der Waals surface area (Å²) in [5, 5.41) is 10.5. The van der Waals surface area contributed by atoms with Gasteiger partial charge in [-0.2, -0.15) is 0 Å². The molecule has 1 aromatic heterocycles. The molecule has 0 atom stereocenters. The van der Waals surface area contributed by atoms with Gasteiger partial charge in [0, 0.05) is 19.6 Å². The quantitative estimate of drug-likeness (QED) is 0.937. The van der Waals surface area contributed by atoms with Crippen molar-refractivity contribution >= 4 is 27.5 Å². The molecule has 2 heterocycles. The fraction of sp³-hybridized carbons (Fsp3) is 0.429. The number of nitrogens with zero attached hydrogens (tertiary/aromatic N) is 1. The summed E-state index contributed by atoms with van der Waals surface area (Å²) in [6.45, 7) is 1.05. The maximum absolute atomic E-state index is 11.6. The fourth-order valence-electron chi connectivity index (χ4n) is 2.51. The van der Waals surface area contributed by atoms with Gasteiger partial charge in [-0.3, -0.25) is 4.79 Å². The number of carbonyl (C=O) groups is 1. The van der Waals surface area contributed by atoms with Gasteiger partial charge in [0.2, 0.25) is 0 Å². The smallest absolute Gasteiger partial charge is 0.310 e. The van der Waals surface area contributed by atoms with E-state index in [1.807, 2.05) is 24.3 Å². The van der Waals surface area contributed by atoms with Gasteiger partial charge in [0.05, 0.1) is 20.6 Å². The average Bonchev–Trinajstić information content (AvgIpc) is 2.81. The first-order chi connectivity index (χ1) is 9.20. The van der Waals surface area contributed by atoms with Crippen molar-refractivity contribution in [1.29, 1.82) is 0 Å². The largest absolute Gasteiger partial charge is 0.481 e. The van der Waals surface area contributed by atoms with Crippen LogP contribution in [0.25, 0.3) is 10.2 Å². The summed E-state index contributed by atoms with van der Waals surface area (Å²) in [5.41, 5.74) is 0.252. The minimum absolute atomic E-state index is 0.505. The number of hydrogen-bond donors (Lipinski definition) is 1. The molecule has 0 radical (unpaired) electrons. The molecular formula is C14H15NO3S. The third kappa shape index (κ3) is 2.35. The third-order valence-corrected chi connectivity index (χ3v) is 4.77. The Morgan fingerprint density at radius 2 is 2.11 bits per heavy atom. The minimum Gasteiger partial charge on any atom is -0.481 e. The van der Waals surface area contributed by atoms with Crippen LogP contribution in [0.15, 0.2) is 24.3 Å². The Morgan fingerprint density at radius 1 is 1.37 bits per heavy atom. The summed E-state index contributed by atoms with van der Waals surface area (Å²) < 4.78 is 6.41. The number of ether oxygens (including phenoxy) is 1. The van der Waals surface area contributed by atoms with Crippen molar-refractivity contribution in [3.05, 3.63) is 29.3 Å². The molecule has 1 aliphatic rings. The van der Waals surface area contributed by atoms with Crippen LogP contribution in [0.2, 0.25) is 0 Å². The molecular weight excluding hydrogens is 262 g/mol. The highest BCUT2D eigenvalue weighted by Gasteiger charge is 2.41. The van der Waals surface area contributed by atoms with Gasteiger partial charge in [-0.1, -0.05) is 12.1 Å². The second-order valence-electron chi connectivity index (χ2n) is 4.95. The van der Waals surface area contributed by atoms with Crippen molar-refractivity contribution < 1.29 is 14.6 Å². The molecule has 1 N–H and O–H groups in total. The summed E-state index contributed by atoms with van der Waals surface area (Å²) in [5.74, 6) is -0.727. The van der Waals surface area contributed by atoms with Gasteiger partial charge in [-0.15, -0.1) is 11.3 Å². The summed E-state index contributed by atoms with van der Waals surface area (Å²) >= 11 is 1.59. The fourth-order valence-corrected chi connectivity index (χ4v) is 3.62. The van der Waals surface area contributed by atoms with E-state index in [-0.39, 0.29) is 0 Å². The predicted molar refractivity (Wildman–Crippen MR) is 73.4 cm³/mol. The van der Waals surface area contributed by atoms with Crippen LogP contribution < -0.4 is 0 Å². The van der Waals surface area contributed by atoms with Crippen LogP contribution in [0.1, 0.15) is 17.8 Å². The van der Waals surface area contributed by atoms with E-state index < -0.39 is 11.4 Å². The van der Waals surface area contributed by atoms with Crippen LogP contribution in [-0.4, -0.2) is 29.3 Å². The number of carboxylic acid groups (broad SMARTS) is 1. The van der Waals surface area contributed by atoms with Crippen LogP contribution >= 0.6 is 11.3 Å². The van der Waals surface area contributed by atoms with Gasteiger partial charge < -0.3 is 9.84 Å². The number of hydrogen-bond acceptors (Lipinski definition) is 4. The SMILES string of the molecule is O=C(O)C1(Cc2nc3ccccc3s2)CCOCC1. The highest BCUT2D eigenvalue weighted by atomic mass is 32.1. The first kappa shape index (κ1) is 12.6. The Bertz CT molecular complexity index is 569. The summed E-state index contributed by atoms with van der Waals surface area (Å²) in [7, 11) is 0. The molecule has 1 aromatic carbocycles. The van der Waals surface area contributed by atoms with Crippen LogP contribution in [-0.2, 0) is 16.0 Å². The van der Waals surface area contributed by atoms with Gasteiger partial charge in [-0.05, 0) is 25.0 Å². The lowest BCUT2D eigenvalue weighted by molar-refractivity contribution is -0.154. The highest BCUT2D eigenvalue weighted by Crippen LogP contribution is 2.36. The Balaban J connectivity index is 1.91. The molecule has 0 amide bonds. The molecule has 0 aliphatic carbocycles. The van der Waals surface area contributed by atoms with E-state index in [9.17, 15) is 9.90 Å². The number of rotatable bonds is 3. The molecule has 0 spiro atoms. The molecule has 0 unspecified atom stereocenters. The average molecular weight is 277 g/mol. The van der Waals surface area contributed by atoms with E-state index in [4.69, 9.17) is 4.74 Å². The molecule has 1 aliphatic heterocycles. The summed E-state index contributed by atoms with van der Waals surface area (Å²) in [4.78, 5) is 16.2. The van der Waals surface area contributed by atoms with E-state index >= 15 is 0 Å². The molecule has 3 rings (SSSR count). The number of fused-ring (bicyclic) bond motifs is 1. The zero-order valence-electron chi connectivity index (χ0n) is 10.5. The number of benzene rings is 1. The lowest BCUT2D eigenvalue weighted by atomic mass is 9.77. The van der Waals surface area contributed by atoms with Crippen molar-refractivity contribution in [1.82, 2.24) is 4.98 Å². The summed E-state index contributed by atoms with van der Waals surface area (Å²) in [6, 6.07) is 7.92. The van der Waals surface area contributed by atoms with Crippen molar-refractivity contribution in [2.24, 2.45) is 5.41 Å². The number of para-hydroxylation sites is 1. The third-order valence-electron chi connectivity index (χ3n) is 3.73. The van der Waals surface area contributed by atoms with E-state index in [0.717, 1.165) is 15.2 Å². The van der Waals surface area contributed by atoms with Crippen LogP contribution in [0.5, 0.6) is 0 Å². The first-order valence-electron chi connectivity index (χ1n) is 6.35. The van der Waals surface area contributed by atoms with Gasteiger partial charge in [0.15, 0.2) is 0 Å². The molecule has 5 heteroatoms. The van der Waals surface area contributed by atoms with Crippen molar-refractivity contribution in [2.75, 3.05) is 13.2 Å². The number of aromatic nitrogens is 1. The normalized spacial score (nSPS) is 18.5. The number of thiazole rings is 1. The van der Waals surface area contributed by atoms with Gasteiger partial charge in [0.25, 0.3) is 0 Å². The first-order valence-corrected chi connectivity index (χ1v) is 7.17. The van der Waals surface area contributed by atoms with Gasteiger partial charge in [0.1, 0.15) is 0 Å². The number of carboxylic acids is 1. The maximum atomic E-state index is 11.6. The lowest BCUT2D eigenvalue weighted by Crippen LogP contribution is -2.39. The van der Waals surface area contributed by atoms with Crippen LogP contribution in [0, 0.1) is 5.41 Å². The second kappa shape index (κ2) is 4.90. The molecule has 0 bridgehead atoms. The zero-order valence-corrected chi connectivity index (χ0v) is 11.3. The number of aliphatic carboxylic acids is 1. The maximum Gasteiger partial charge on any atom is 0.310 e. The van der Waals surface area contributed by atoms with Gasteiger partial charge in [-0.25, -0.2) is 4.98 Å². The van der Waals surface area contributed by atoms with E-state index in [2.05, 4.69) is 4.98 Å². The Morgan fingerprint density at radius 3 is 2.79 bits per heavy atom. The molecule has 1 saturated heterocycles. The summed E-state index contributed by atoms with van der Waals surface area (Å²) in [6.07, 6.45) is 1.64. The van der Waals surface area contributed by atoms with Crippen LogP contribution in [0.4, 0.5) is 0 Å². The van der Waals surface area contributed by atoms with Crippen LogP contribution in [0.3, 0.4) is 0 Å². The standard InChI is InChI=1S/C14H15NO3S/c16-13(17)14(5-7-18-8-6-14)9-12-15-10-3-1-2-4-11(10)19-12/h1-4H,5-9H2,(H,16,17). The molecule has 19 heavy (non-hydrogen) atoms. The molecule has 1 fully saturated rings. The van der Waals surface area contributed by atoms with E-state index in [0.29, 0.717) is 32.5 Å².